The van der Waals surface area contributed by atoms with Gasteiger partial charge in [-0.25, -0.2) is 0 Å². The Labute approximate surface area is 135 Å². The predicted molar refractivity (Wildman–Crippen MR) is 87.5 cm³/mol. The monoisotopic (exact) mass is 324 g/mol. The first-order chi connectivity index (χ1) is 10.0. The second-order valence-corrected chi connectivity index (χ2v) is 5.89. The summed E-state index contributed by atoms with van der Waals surface area (Å²) in [6.45, 7) is 2.49. The minimum atomic E-state index is -0.492. The molecule has 2 rings (SSSR count). The van der Waals surface area contributed by atoms with Crippen LogP contribution in [-0.2, 0) is 6.42 Å². The van der Waals surface area contributed by atoms with Crippen LogP contribution in [0.4, 0.5) is 0 Å². The van der Waals surface area contributed by atoms with Gasteiger partial charge in [0.1, 0.15) is 5.75 Å². The molecule has 0 heterocycles. The third-order valence-electron chi connectivity index (χ3n) is 3.18. The van der Waals surface area contributed by atoms with Gasteiger partial charge in [-0.05, 0) is 48.7 Å². The molecule has 0 saturated heterocycles. The Morgan fingerprint density at radius 1 is 1.14 bits per heavy atom. The van der Waals surface area contributed by atoms with Crippen molar-refractivity contribution in [1.82, 2.24) is 0 Å². The van der Waals surface area contributed by atoms with Crippen molar-refractivity contribution in [2.45, 2.75) is 25.9 Å². The summed E-state index contributed by atoms with van der Waals surface area (Å²) in [5, 5.41) is 11.2. The molecule has 0 bridgehead atoms. The standard InChI is InChI=1S/C17H18Cl2O2/c1-12-3-2-4-16(9-12)21-8-7-15(20)10-13-5-6-14(18)11-17(13)19/h2-6,9,11,15,20H,7-8,10H2,1H3. The Hall–Kier alpha value is -1.22. The van der Waals surface area contributed by atoms with E-state index in [1.54, 1.807) is 12.1 Å². The van der Waals surface area contributed by atoms with Gasteiger partial charge in [0.2, 0.25) is 0 Å². The third-order valence-corrected chi connectivity index (χ3v) is 3.77. The predicted octanol–water partition coefficient (Wildman–Crippen LogP) is 4.67. The van der Waals surface area contributed by atoms with Crippen molar-refractivity contribution in [1.29, 1.82) is 0 Å². The van der Waals surface area contributed by atoms with E-state index in [-0.39, 0.29) is 0 Å². The number of aryl methyl sites for hydroxylation is 1. The first kappa shape index (κ1) is 16.2. The molecule has 0 aliphatic heterocycles. The van der Waals surface area contributed by atoms with Crippen molar-refractivity contribution in [3.8, 4) is 5.75 Å². The topological polar surface area (TPSA) is 29.5 Å². The van der Waals surface area contributed by atoms with E-state index in [9.17, 15) is 5.11 Å². The molecule has 112 valence electrons. The summed E-state index contributed by atoms with van der Waals surface area (Å²) < 4.78 is 5.63. The van der Waals surface area contributed by atoms with Crippen LogP contribution in [0.15, 0.2) is 42.5 Å². The molecule has 4 heteroatoms. The summed E-state index contributed by atoms with van der Waals surface area (Å²) >= 11 is 11.9. The van der Waals surface area contributed by atoms with E-state index < -0.39 is 6.10 Å². The molecular formula is C17H18Cl2O2. The van der Waals surface area contributed by atoms with Gasteiger partial charge in [-0.3, -0.25) is 0 Å². The summed E-state index contributed by atoms with van der Waals surface area (Å²) in [5.41, 5.74) is 2.05. The SMILES string of the molecule is Cc1cccc(OCCC(O)Cc2ccc(Cl)cc2Cl)c1. The van der Waals surface area contributed by atoms with Crippen LogP contribution in [0.5, 0.6) is 5.75 Å². The number of hydrogen-bond donors (Lipinski definition) is 1. The van der Waals surface area contributed by atoms with Gasteiger partial charge in [0.05, 0.1) is 12.7 Å². The van der Waals surface area contributed by atoms with Crippen molar-refractivity contribution in [2.24, 2.45) is 0 Å². The molecule has 21 heavy (non-hydrogen) atoms. The summed E-state index contributed by atoms with van der Waals surface area (Å²) in [6, 6.07) is 13.2. The van der Waals surface area contributed by atoms with Crippen LogP contribution >= 0.6 is 23.2 Å². The zero-order valence-corrected chi connectivity index (χ0v) is 13.4. The average Bonchev–Trinajstić information content (AvgIpc) is 2.42. The van der Waals surface area contributed by atoms with Crippen LogP contribution in [0.25, 0.3) is 0 Å². The van der Waals surface area contributed by atoms with Crippen molar-refractivity contribution >= 4 is 23.2 Å². The summed E-state index contributed by atoms with van der Waals surface area (Å²) in [4.78, 5) is 0. The minimum absolute atomic E-state index is 0.468. The highest BCUT2D eigenvalue weighted by molar-refractivity contribution is 6.35. The molecule has 0 aliphatic rings. The Morgan fingerprint density at radius 2 is 1.95 bits per heavy atom. The molecule has 2 aromatic carbocycles. The number of aliphatic hydroxyl groups is 1. The maximum absolute atomic E-state index is 10.1. The lowest BCUT2D eigenvalue weighted by atomic mass is 10.1. The zero-order chi connectivity index (χ0) is 15.2. The highest BCUT2D eigenvalue weighted by atomic mass is 35.5. The van der Waals surface area contributed by atoms with E-state index in [0.29, 0.717) is 29.5 Å². The summed E-state index contributed by atoms with van der Waals surface area (Å²) in [6.07, 6.45) is 0.550. The molecule has 2 nitrogen and oxygen atoms in total. The second kappa shape index (κ2) is 7.69. The van der Waals surface area contributed by atoms with Gasteiger partial charge in [-0.15, -0.1) is 0 Å². The molecule has 0 saturated carbocycles. The lowest BCUT2D eigenvalue weighted by Crippen LogP contribution is -2.15. The van der Waals surface area contributed by atoms with Gasteiger partial charge in [0, 0.05) is 16.5 Å². The van der Waals surface area contributed by atoms with Gasteiger partial charge >= 0.3 is 0 Å². The first-order valence-electron chi connectivity index (χ1n) is 6.86. The fourth-order valence-corrected chi connectivity index (χ4v) is 2.55. The number of halogens is 2. The molecule has 0 amide bonds. The molecule has 1 atom stereocenters. The molecule has 0 aliphatic carbocycles. The Morgan fingerprint density at radius 3 is 2.67 bits per heavy atom. The Bertz CT molecular complexity index is 599. The van der Waals surface area contributed by atoms with Crippen molar-refractivity contribution in [3.05, 3.63) is 63.6 Å². The van der Waals surface area contributed by atoms with E-state index in [1.807, 2.05) is 37.3 Å². The van der Waals surface area contributed by atoms with Gasteiger partial charge in [0.25, 0.3) is 0 Å². The summed E-state index contributed by atoms with van der Waals surface area (Å²) in [7, 11) is 0. The van der Waals surface area contributed by atoms with Gasteiger partial charge in [0.15, 0.2) is 0 Å². The van der Waals surface area contributed by atoms with Gasteiger partial charge in [-0.1, -0.05) is 41.4 Å². The molecule has 0 spiro atoms. The van der Waals surface area contributed by atoms with E-state index in [1.165, 1.54) is 0 Å². The minimum Gasteiger partial charge on any atom is -0.493 e. The van der Waals surface area contributed by atoms with Crippen molar-refractivity contribution < 1.29 is 9.84 Å². The first-order valence-corrected chi connectivity index (χ1v) is 7.61. The van der Waals surface area contributed by atoms with E-state index in [2.05, 4.69) is 0 Å². The van der Waals surface area contributed by atoms with Crippen LogP contribution in [-0.4, -0.2) is 17.8 Å². The average molecular weight is 325 g/mol. The van der Waals surface area contributed by atoms with Crippen LogP contribution in [0, 0.1) is 6.92 Å². The lowest BCUT2D eigenvalue weighted by Gasteiger charge is -2.13. The molecule has 0 fully saturated rings. The van der Waals surface area contributed by atoms with Gasteiger partial charge in [-0.2, -0.15) is 0 Å². The number of ether oxygens (including phenoxy) is 1. The van der Waals surface area contributed by atoms with E-state index in [0.717, 1.165) is 16.9 Å². The quantitative estimate of drug-likeness (QED) is 0.836. The van der Waals surface area contributed by atoms with Crippen LogP contribution in [0.2, 0.25) is 10.0 Å². The number of rotatable bonds is 6. The molecule has 2 aromatic rings. The highest BCUT2D eigenvalue weighted by Crippen LogP contribution is 2.22. The highest BCUT2D eigenvalue weighted by Gasteiger charge is 2.09. The molecule has 0 aromatic heterocycles. The van der Waals surface area contributed by atoms with Crippen LogP contribution in [0.3, 0.4) is 0 Å². The van der Waals surface area contributed by atoms with Crippen molar-refractivity contribution in [3.63, 3.8) is 0 Å². The van der Waals surface area contributed by atoms with E-state index >= 15 is 0 Å². The largest absolute Gasteiger partial charge is 0.493 e. The number of benzene rings is 2. The zero-order valence-electron chi connectivity index (χ0n) is 11.9. The van der Waals surface area contributed by atoms with Crippen LogP contribution < -0.4 is 4.74 Å². The number of aliphatic hydroxyl groups excluding tert-OH is 1. The van der Waals surface area contributed by atoms with Crippen molar-refractivity contribution in [2.75, 3.05) is 6.61 Å². The normalized spacial score (nSPS) is 12.2. The fourth-order valence-electron chi connectivity index (χ4n) is 2.06. The Balaban J connectivity index is 1.81. The maximum Gasteiger partial charge on any atom is 0.119 e. The third kappa shape index (κ3) is 5.24. The van der Waals surface area contributed by atoms with Gasteiger partial charge < -0.3 is 9.84 Å². The van der Waals surface area contributed by atoms with Crippen LogP contribution in [0.1, 0.15) is 17.5 Å². The Kier molecular flexibility index (Phi) is 5.92. The summed E-state index contributed by atoms with van der Waals surface area (Å²) in [5.74, 6) is 0.826. The molecule has 0 radical (unpaired) electrons. The second-order valence-electron chi connectivity index (χ2n) is 5.05. The fraction of sp³-hybridized carbons (Fsp3) is 0.294. The molecule has 1 N–H and O–H groups in total. The maximum atomic E-state index is 10.1. The molecule has 1 unspecified atom stereocenters. The number of hydrogen-bond acceptors (Lipinski definition) is 2. The lowest BCUT2D eigenvalue weighted by molar-refractivity contribution is 0.139. The smallest absolute Gasteiger partial charge is 0.119 e. The van der Waals surface area contributed by atoms with E-state index in [4.69, 9.17) is 27.9 Å². The molecular weight excluding hydrogens is 307 g/mol.